The van der Waals surface area contributed by atoms with Crippen molar-refractivity contribution >= 4 is 21.9 Å². The van der Waals surface area contributed by atoms with Gasteiger partial charge in [0.2, 0.25) is 0 Å². The maximum absolute atomic E-state index is 11.2. The zero-order chi connectivity index (χ0) is 11.5. The molecule has 0 bridgehead atoms. The summed E-state index contributed by atoms with van der Waals surface area (Å²) >= 11 is 3.33. The van der Waals surface area contributed by atoms with Crippen LogP contribution in [-0.4, -0.2) is 17.6 Å². The molecule has 0 fully saturated rings. The maximum Gasteiger partial charge on any atom is 0.328 e. The number of carboxylic acid groups (broad SMARTS) is 1. The van der Waals surface area contributed by atoms with Crippen molar-refractivity contribution in [2.75, 3.05) is 6.54 Å². The molecule has 1 unspecified atom stereocenters. The molecule has 0 saturated carbocycles. The van der Waals surface area contributed by atoms with Gasteiger partial charge in [0.15, 0.2) is 0 Å². The topological polar surface area (TPSA) is 49.3 Å². The Hall–Kier alpha value is -0.870. The molecule has 0 saturated heterocycles. The zero-order valence-corrected chi connectivity index (χ0v) is 10.3. The van der Waals surface area contributed by atoms with Gasteiger partial charge in [0.1, 0.15) is 5.54 Å². The number of aliphatic carboxylic acids is 1. The minimum atomic E-state index is -1.03. The highest BCUT2D eigenvalue weighted by atomic mass is 79.9. The number of benzene rings is 1. The number of nitrogens with one attached hydrogen (secondary N) is 1. The van der Waals surface area contributed by atoms with E-state index in [1.165, 1.54) is 0 Å². The van der Waals surface area contributed by atoms with Crippen LogP contribution in [0.1, 0.15) is 19.4 Å². The van der Waals surface area contributed by atoms with E-state index < -0.39 is 11.5 Å². The molecule has 1 aromatic rings. The first-order valence-corrected chi connectivity index (χ1v) is 5.54. The number of rotatable bonds is 4. The van der Waals surface area contributed by atoms with E-state index >= 15 is 0 Å². The van der Waals surface area contributed by atoms with Gasteiger partial charge in [-0.3, -0.25) is 5.32 Å². The van der Waals surface area contributed by atoms with Crippen molar-refractivity contribution in [2.24, 2.45) is 0 Å². The normalized spacial score (nSPS) is 14.6. The Morgan fingerprint density at radius 3 is 2.73 bits per heavy atom. The fourth-order valence-corrected chi connectivity index (χ4v) is 1.85. The summed E-state index contributed by atoms with van der Waals surface area (Å²) < 4.78 is 0.880. The van der Waals surface area contributed by atoms with E-state index in [2.05, 4.69) is 21.2 Å². The van der Waals surface area contributed by atoms with Gasteiger partial charge >= 0.3 is 5.97 Å². The fraction of sp³-hybridized carbons (Fsp3) is 0.364. The summed E-state index contributed by atoms with van der Waals surface area (Å²) in [6.45, 7) is 4.16. The molecule has 0 aliphatic heterocycles. The molecular weight excluding hydrogens is 258 g/mol. The lowest BCUT2D eigenvalue weighted by atomic mass is 9.92. The minimum Gasteiger partial charge on any atom is -0.480 e. The van der Waals surface area contributed by atoms with Gasteiger partial charge in [-0.1, -0.05) is 35.0 Å². The Bertz CT molecular complexity index is 367. The molecule has 0 amide bonds. The Labute approximate surface area is 97.6 Å². The van der Waals surface area contributed by atoms with Crippen LogP contribution in [0, 0.1) is 0 Å². The van der Waals surface area contributed by atoms with Gasteiger partial charge < -0.3 is 5.11 Å². The Kier molecular flexibility index (Phi) is 3.88. The monoisotopic (exact) mass is 271 g/mol. The molecule has 0 spiro atoms. The van der Waals surface area contributed by atoms with Crippen molar-refractivity contribution in [3.63, 3.8) is 0 Å². The lowest BCUT2D eigenvalue weighted by Crippen LogP contribution is -2.46. The van der Waals surface area contributed by atoms with Crippen molar-refractivity contribution in [3.05, 3.63) is 34.3 Å². The van der Waals surface area contributed by atoms with E-state index in [4.69, 9.17) is 0 Å². The Morgan fingerprint density at radius 1 is 1.60 bits per heavy atom. The highest BCUT2D eigenvalue weighted by Gasteiger charge is 2.34. The molecule has 0 aromatic heterocycles. The van der Waals surface area contributed by atoms with Gasteiger partial charge in [-0.2, -0.15) is 0 Å². The van der Waals surface area contributed by atoms with E-state index in [9.17, 15) is 9.90 Å². The summed E-state index contributed by atoms with van der Waals surface area (Å²) in [6.07, 6.45) is 0. The quantitative estimate of drug-likeness (QED) is 0.884. The van der Waals surface area contributed by atoms with Crippen LogP contribution in [0.3, 0.4) is 0 Å². The number of carbonyl (C=O) groups is 1. The van der Waals surface area contributed by atoms with Crippen LogP contribution in [0.25, 0.3) is 0 Å². The van der Waals surface area contributed by atoms with Crippen LogP contribution in [0.4, 0.5) is 0 Å². The van der Waals surface area contributed by atoms with Crippen molar-refractivity contribution in [3.8, 4) is 0 Å². The molecule has 82 valence electrons. The number of hydrogen-bond donors (Lipinski definition) is 2. The lowest BCUT2D eigenvalue weighted by molar-refractivity contribution is -0.144. The average Bonchev–Trinajstić information content (AvgIpc) is 2.17. The third-order valence-electron chi connectivity index (χ3n) is 2.36. The standard InChI is InChI=1S/C11H14BrNO2/c1-3-13-11(2,10(14)15)8-5-4-6-9(12)7-8/h4-7,13H,3H2,1-2H3,(H,14,15). The summed E-state index contributed by atoms with van der Waals surface area (Å²) in [7, 11) is 0. The van der Waals surface area contributed by atoms with Crippen molar-refractivity contribution < 1.29 is 9.90 Å². The molecule has 3 nitrogen and oxygen atoms in total. The maximum atomic E-state index is 11.2. The average molecular weight is 272 g/mol. The van der Waals surface area contributed by atoms with Gasteiger partial charge in [-0.25, -0.2) is 4.79 Å². The minimum absolute atomic E-state index is 0.606. The summed E-state index contributed by atoms with van der Waals surface area (Å²) in [5.41, 5.74) is -0.287. The van der Waals surface area contributed by atoms with Gasteiger partial charge in [0.05, 0.1) is 0 Å². The van der Waals surface area contributed by atoms with Crippen LogP contribution in [-0.2, 0) is 10.3 Å². The molecular formula is C11H14BrNO2. The first kappa shape index (κ1) is 12.2. The second kappa shape index (κ2) is 4.77. The summed E-state index contributed by atoms with van der Waals surface area (Å²) in [5, 5.41) is 12.2. The fourth-order valence-electron chi connectivity index (χ4n) is 1.45. The number of hydrogen-bond acceptors (Lipinski definition) is 2. The van der Waals surface area contributed by atoms with Crippen LogP contribution >= 0.6 is 15.9 Å². The number of likely N-dealkylation sites (N-methyl/N-ethyl adjacent to an activating group) is 1. The molecule has 1 atom stereocenters. The molecule has 0 heterocycles. The molecule has 2 N–H and O–H groups in total. The van der Waals surface area contributed by atoms with E-state index in [1.54, 1.807) is 6.92 Å². The van der Waals surface area contributed by atoms with Crippen LogP contribution < -0.4 is 5.32 Å². The SMILES string of the molecule is CCNC(C)(C(=O)O)c1cccc(Br)c1. The lowest BCUT2D eigenvalue weighted by Gasteiger charge is -2.26. The highest BCUT2D eigenvalue weighted by molar-refractivity contribution is 9.10. The predicted molar refractivity (Wildman–Crippen MR) is 62.8 cm³/mol. The van der Waals surface area contributed by atoms with Crippen LogP contribution in [0.5, 0.6) is 0 Å². The van der Waals surface area contributed by atoms with Crippen LogP contribution in [0.15, 0.2) is 28.7 Å². The van der Waals surface area contributed by atoms with E-state index in [1.807, 2.05) is 31.2 Å². The summed E-state index contributed by atoms with van der Waals surface area (Å²) in [4.78, 5) is 11.2. The molecule has 0 aliphatic carbocycles. The molecule has 0 aliphatic rings. The van der Waals surface area contributed by atoms with Crippen molar-refractivity contribution in [2.45, 2.75) is 19.4 Å². The summed E-state index contributed by atoms with van der Waals surface area (Å²) in [5.74, 6) is -0.873. The van der Waals surface area contributed by atoms with Gasteiger partial charge in [-0.15, -0.1) is 0 Å². The molecule has 15 heavy (non-hydrogen) atoms. The van der Waals surface area contributed by atoms with Crippen LogP contribution in [0.2, 0.25) is 0 Å². The highest BCUT2D eigenvalue weighted by Crippen LogP contribution is 2.23. The summed E-state index contributed by atoms with van der Waals surface area (Å²) in [6, 6.07) is 7.33. The van der Waals surface area contributed by atoms with Gasteiger partial charge in [0.25, 0.3) is 0 Å². The number of halogens is 1. The Morgan fingerprint density at radius 2 is 2.27 bits per heavy atom. The molecule has 1 aromatic carbocycles. The van der Waals surface area contributed by atoms with E-state index in [-0.39, 0.29) is 0 Å². The molecule has 4 heteroatoms. The smallest absolute Gasteiger partial charge is 0.328 e. The predicted octanol–water partition coefficient (Wildman–Crippen LogP) is 2.36. The largest absolute Gasteiger partial charge is 0.480 e. The molecule has 0 radical (unpaired) electrons. The third kappa shape index (κ3) is 2.58. The Balaban J connectivity index is 3.15. The van der Waals surface area contributed by atoms with E-state index in [0.29, 0.717) is 6.54 Å². The second-order valence-corrected chi connectivity index (χ2v) is 4.39. The van der Waals surface area contributed by atoms with Crippen molar-refractivity contribution in [1.29, 1.82) is 0 Å². The van der Waals surface area contributed by atoms with Crippen molar-refractivity contribution in [1.82, 2.24) is 5.32 Å². The molecule has 1 rings (SSSR count). The third-order valence-corrected chi connectivity index (χ3v) is 2.85. The number of carboxylic acids is 1. The van der Waals surface area contributed by atoms with Gasteiger partial charge in [0, 0.05) is 4.47 Å². The van der Waals surface area contributed by atoms with Gasteiger partial charge in [-0.05, 0) is 31.2 Å². The first-order chi connectivity index (χ1) is 7.00. The van der Waals surface area contributed by atoms with E-state index in [0.717, 1.165) is 10.0 Å². The second-order valence-electron chi connectivity index (χ2n) is 3.47. The first-order valence-electron chi connectivity index (χ1n) is 4.75. The zero-order valence-electron chi connectivity index (χ0n) is 8.75.